The SMILES string of the molecule is C=CC=CCCCCC(Br)CCCCC. The van der Waals surface area contributed by atoms with Crippen molar-refractivity contribution in [3.8, 4) is 0 Å². The Morgan fingerprint density at radius 2 is 1.80 bits per heavy atom. The second-order valence-corrected chi connectivity index (χ2v) is 5.34. The average Bonchev–Trinajstić information content (AvgIpc) is 2.23. The van der Waals surface area contributed by atoms with Gasteiger partial charge in [0.05, 0.1) is 0 Å². The van der Waals surface area contributed by atoms with E-state index in [0.717, 1.165) is 4.83 Å². The van der Waals surface area contributed by atoms with Crippen LogP contribution in [-0.2, 0) is 0 Å². The van der Waals surface area contributed by atoms with Crippen LogP contribution in [0.25, 0.3) is 0 Å². The largest absolute Gasteiger partial charge is 0.0991 e. The van der Waals surface area contributed by atoms with Crippen LogP contribution in [0.5, 0.6) is 0 Å². The third-order valence-corrected chi connectivity index (χ3v) is 3.45. The van der Waals surface area contributed by atoms with E-state index in [1.54, 1.807) is 0 Å². The highest BCUT2D eigenvalue weighted by atomic mass is 79.9. The van der Waals surface area contributed by atoms with E-state index < -0.39 is 0 Å². The van der Waals surface area contributed by atoms with Gasteiger partial charge in [-0.2, -0.15) is 0 Å². The molecule has 0 aliphatic rings. The minimum atomic E-state index is 0.743. The highest BCUT2D eigenvalue weighted by Crippen LogP contribution is 2.17. The summed E-state index contributed by atoms with van der Waals surface area (Å²) in [6, 6.07) is 0. The molecule has 0 fully saturated rings. The lowest BCUT2D eigenvalue weighted by Gasteiger charge is -2.08. The molecule has 0 heterocycles. The smallest absolute Gasteiger partial charge is 0.0145 e. The first-order chi connectivity index (χ1) is 7.31. The molecule has 0 N–H and O–H groups in total. The molecular formula is C14H25Br. The second-order valence-electron chi connectivity index (χ2n) is 4.04. The topological polar surface area (TPSA) is 0 Å². The number of rotatable bonds is 10. The van der Waals surface area contributed by atoms with Crippen molar-refractivity contribution in [2.24, 2.45) is 0 Å². The number of halogens is 1. The van der Waals surface area contributed by atoms with E-state index in [9.17, 15) is 0 Å². The summed E-state index contributed by atoms with van der Waals surface area (Å²) in [6.07, 6.45) is 16.7. The quantitative estimate of drug-likeness (QED) is 0.275. The highest BCUT2D eigenvalue weighted by molar-refractivity contribution is 9.09. The Morgan fingerprint density at radius 3 is 2.40 bits per heavy atom. The van der Waals surface area contributed by atoms with Gasteiger partial charge < -0.3 is 0 Å². The fraction of sp³-hybridized carbons (Fsp3) is 0.714. The van der Waals surface area contributed by atoms with Crippen LogP contribution in [0, 0.1) is 0 Å². The molecule has 0 rings (SSSR count). The normalized spacial score (nSPS) is 13.2. The molecule has 15 heavy (non-hydrogen) atoms. The van der Waals surface area contributed by atoms with Gasteiger partial charge in [0.25, 0.3) is 0 Å². The molecule has 0 spiro atoms. The van der Waals surface area contributed by atoms with Crippen LogP contribution in [0.3, 0.4) is 0 Å². The molecule has 0 nitrogen and oxygen atoms in total. The summed E-state index contributed by atoms with van der Waals surface area (Å²) in [5.41, 5.74) is 0. The Balaban J connectivity index is 3.19. The van der Waals surface area contributed by atoms with Gasteiger partial charge in [-0.1, -0.05) is 73.3 Å². The molecule has 1 atom stereocenters. The van der Waals surface area contributed by atoms with Gasteiger partial charge in [-0.05, 0) is 25.7 Å². The van der Waals surface area contributed by atoms with E-state index in [2.05, 4.69) is 35.5 Å². The van der Waals surface area contributed by atoms with Crippen molar-refractivity contribution in [1.29, 1.82) is 0 Å². The number of unbranched alkanes of at least 4 members (excludes halogenated alkanes) is 4. The predicted octanol–water partition coefficient (Wildman–Crippen LogP) is 5.63. The molecule has 0 aliphatic heterocycles. The maximum absolute atomic E-state index is 3.76. The lowest BCUT2D eigenvalue weighted by molar-refractivity contribution is 0.595. The molecule has 0 aliphatic carbocycles. The average molecular weight is 273 g/mol. The van der Waals surface area contributed by atoms with Gasteiger partial charge in [-0.25, -0.2) is 0 Å². The van der Waals surface area contributed by atoms with E-state index in [1.807, 2.05) is 12.2 Å². The van der Waals surface area contributed by atoms with Crippen LogP contribution in [0.1, 0.15) is 58.3 Å². The van der Waals surface area contributed by atoms with Crippen molar-refractivity contribution in [3.05, 3.63) is 24.8 Å². The van der Waals surface area contributed by atoms with Gasteiger partial charge in [0.15, 0.2) is 0 Å². The lowest BCUT2D eigenvalue weighted by atomic mass is 10.1. The van der Waals surface area contributed by atoms with Crippen LogP contribution >= 0.6 is 15.9 Å². The zero-order valence-corrected chi connectivity index (χ0v) is 11.6. The molecule has 0 radical (unpaired) electrons. The van der Waals surface area contributed by atoms with E-state index in [0.29, 0.717) is 0 Å². The van der Waals surface area contributed by atoms with Crippen LogP contribution in [-0.4, -0.2) is 4.83 Å². The Kier molecular flexibility index (Phi) is 12.0. The number of alkyl halides is 1. The fourth-order valence-electron chi connectivity index (χ4n) is 1.58. The molecule has 0 saturated heterocycles. The lowest BCUT2D eigenvalue weighted by Crippen LogP contribution is -1.97. The predicted molar refractivity (Wildman–Crippen MR) is 74.7 cm³/mol. The van der Waals surface area contributed by atoms with Crippen LogP contribution < -0.4 is 0 Å². The van der Waals surface area contributed by atoms with Crippen molar-refractivity contribution in [2.45, 2.75) is 63.1 Å². The summed E-state index contributed by atoms with van der Waals surface area (Å²) in [4.78, 5) is 0.743. The van der Waals surface area contributed by atoms with Gasteiger partial charge in [-0.3, -0.25) is 0 Å². The summed E-state index contributed by atoms with van der Waals surface area (Å²) in [6.45, 7) is 5.91. The summed E-state index contributed by atoms with van der Waals surface area (Å²) in [7, 11) is 0. The van der Waals surface area contributed by atoms with Gasteiger partial charge in [-0.15, -0.1) is 0 Å². The standard InChI is InChI=1S/C14H25Br/c1-3-5-7-8-9-11-13-14(15)12-10-6-4-2/h3,5,7,14H,1,4,6,8-13H2,2H3. The zero-order chi connectivity index (χ0) is 11.4. The number of allylic oxidation sites excluding steroid dienone is 3. The monoisotopic (exact) mass is 272 g/mol. The van der Waals surface area contributed by atoms with E-state index in [4.69, 9.17) is 0 Å². The maximum Gasteiger partial charge on any atom is 0.0145 e. The van der Waals surface area contributed by atoms with E-state index in [-0.39, 0.29) is 0 Å². The Morgan fingerprint density at radius 1 is 1.13 bits per heavy atom. The second kappa shape index (κ2) is 12.0. The third-order valence-electron chi connectivity index (χ3n) is 2.53. The molecule has 0 aromatic carbocycles. The molecular weight excluding hydrogens is 248 g/mol. The molecule has 0 saturated carbocycles. The number of hydrogen-bond acceptors (Lipinski definition) is 0. The summed E-state index contributed by atoms with van der Waals surface area (Å²) < 4.78 is 0. The van der Waals surface area contributed by atoms with Crippen LogP contribution in [0.4, 0.5) is 0 Å². The first-order valence-electron chi connectivity index (χ1n) is 6.22. The highest BCUT2D eigenvalue weighted by Gasteiger charge is 2.02. The molecule has 88 valence electrons. The first-order valence-corrected chi connectivity index (χ1v) is 7.14. The van der Waals surface area contributed by atoms with Crippen molar-refractivity contribution in [2.75, 3.05) is 0 Å². The third kappa shape index (κ3) is 11.9. The molecule has 0 bridgehead atoms. The minimum Gasteiger partial charge on any atom is -0.0991 e. The van der Waals surface area contributed by atoms with Gasteiger partial charge in [0.2, 0.25) is 0 Å². The number of hydrogen-bond donors (Lipinski definition) is 0. The molecule has 1 unspecified atom stereocenters. The Labute approximate surface area is 104 Å². The molecule has 0 amide bonds. The van der Waals surface area contributed by atoms with Gasteiger partial charge in [0.1, 0.15) is 0 Å². The van der Waals surface area contributed by atoms with Gasteiger partial charge >= 0.3 is 0 Å². The van der Waals surface area contributed by atoms with Crippen LogP contribution in [0.15, 0.2) is 24.8 Å². The summed E-state index contributed by atoms with van der Waals surface area (Å²) in [5, 5.41) is 0. The van der Waals surface area contributed by atoms with Crippen LogP contribution in [0.2, 0.25) is 0 Å². The van der Waals surface area contributed by atoms with Crippen molar-refractivity contribution >= 4 is 15.9 Å². The zero-order valence-electron chi connectivity index (χ0n) is 10.1. The van der Waals surface area contributed by atoms with E-state index in [1.165, 1.54) is 51.4 Å². The fourth-order valence-corrected chi connectivity index (χ4v) is 2.23. The molecule has 1 heteroatoms. The Hall–Kier alpha value is -0.0400. The van der Waals surface area contributed by atoms with Crippen molar-refractivity contribution in [1.82, 2.24) is 0 Å². The first kappa shape index (κ1) is 15.0. The van der Waals surface area contributed by atoms with Crippen molar-refractivity contribution in [3.63, 3.8) is 0 Å². The molecule has 0 aromatic heterocycles. The summed E-state index contributed by atoms with van der Waals surface area (Å²) in [5.74, 6) is 0. The Bertz CT molecular complexity index is 161. The minimum absolute atomic E-state index is 0.743. The van der Waals surface area contributed by atoms with Gasteiger partial charge in [0, 0.05) is 4.83 Å². The molecule has 0 aromatic rings. The van der Waals surface area contributed by atoms with E-state index >= 15 is 0 Å². The van der Waals surface area contributed by atoms with Crippen molar-refractivity contribution < 1.29 is 0 Å². The maximum atomic E-state index is 3.76. The summed E-state index contributed by atoms with van der Waals surface area (Å²) >= 11 is 3.76.